The van der Waals surface area contributed by atoms with Gasteiger partial charge < -0.3 is 20.5 Å². The molecule has 1 atom stereocenters. The molecule has 1 saturated carbocycles. The molecule has 102 valence electrons. The van der Waals surface area contributed by atoms with E-state index in [9.17, 15) is 9.59 Å². The number of anilines is 1. The van der Waals surface area contributed by atoms with E-state index in [1.54, 1.807) is 24.3 Å². The molecule has 0 radical (unpaired) electrons. The first-order chi connectivity index (χ1) is 9.11. The van der Waals surface area contributed by atoms with Gasteiger partial charge in [0.05, 0.1) is 12.8 Å². The molecule has 0 aliphatic heterocycles. The topological polar surface area (TPSA) is 87.7 Å². The minimum atomic E-state index is -1.00. The van der Waals surface area contributed by atoms with Crippen molar-refractivity contribution < 1.29 is 19.4 Å². The van der Waals surface area contributed by atoms with Crippen molar-refractivity contribution in [3.8, 4) is 5.75 Å². The molecule has 1 aromatic carbocycles. The lowest BCUT2D eigenvalue weighted by atomic mass is 10.2. The van der Waals surface area contributed by atoms with E-state index >= 15 is 0 Å². The molecule has 2 rings (SSSR count). The molecule has 2 amide bonds. The molecule has 1 aliphatic carbocycles. The highest BCUT2D eigenvalue weighted by Gasteiger charge is 2.37. The number of rotatable bonds is 5. The van der Waals surface area contributed by atoms with Crippen LogP contribution in [-0.2, 0) is 4.79 Å². The molecular formula is C13H16N2O4. The maximum Gasteiger partial charge on any atom is 0.326 e. The highest BCUT2D eigenvalue weighted by Crippen LogP contribution is 2.32. The Labute approximate surface area is 110 Å². The van der Waals surface area contributed by atoms with Crippen molar-refractivity contribution >= 4 is 17.7 Å². The van der Waals surface area contributed by atoms with E-state index in [1.165, 1.54) is 7.11 Å². The molecule has 0 bridgehead atoms. The zero-order valence-electron chi connectivity index (χ0n) is 10.6. The monoisotopic (exact) mass is 264 g/mol. The number of para-hydroxylation sites is 2. The average molecular weight is 264 g/mol. The molecule has 1 aliphatic rings. The summed E-state index contributed by atoms with van der Waals surface area (Å²) in [5.41, 5.74) is 0.502. The van der Waals surface area contributed by atoms with Gasteiger partial charge in [0.25, 0.3) is 0 Å². The average Bonchev–Trinajstić information content (AvgIpc) is 3.20. The second-order valence-corrected chi connectivity index (χ2v) is 4.45. The van der Waals surface area contributed by atoms with Crippen LogP contribution in [0, 0.1) is 5.92 Å². The minimum absolute atomic E-state index is 0.0425. The number of ether oxygens (including phenoxy) is 1. The molecule has 1 aromatic rings. The molecule has 6 nitrogen and oxygen atoms in total. The highest BCUT2D eigenvalue weighted by atomic mass is 16.5. The van der Waals surface area contributed by atoms with Crippen molar-refractivity contribution in [2.24, 2.45) is 5.92 Å². The van der Waals surface area contributed by atoms with Gasteiger partial charge in [-0.2, -0.15) is 0 Å². The number of amides is 2. The van der Waals surface area contributed by atoms with Crippen molar-refractivity contribution in [3.05, 3.63) is 24.3 Å². The van der Waals surface area contributed by atoms with Gasteiger partial charge in [0.15, 0.2) is 0 Å². The van der Waals surface area contributed by atoms with Crippen molar-refractivity contribution in [2.45, 2.75) is 18.9 Å². The van der Waals surface area contributed by atoms with Crippen LogP contribution < -0.4 is 15.4 Å². The van der Waals surface area contributed by atoms with Crippen molar-refractivity contribution in [1.29, 1.82) is 0 Å². The molecule has 0 saturated heterocycles. The number of aliphatic carboxylic acids is 1. The Morgan fingerprint density at radius 3 is 2.63 bits per heavy atom. The molecule has 0 heterocycles. The molecule has 3 N–H and O–H groups in total. The summed E-state index contributed by atoms with van der Waals surface area (Å²) < 4.78 is 5.10. The Kier molecular flexibility index (Phi) is 3.89. The van der Waals surface area contributed by atoms with Crippen LogP contribution in [0.15, 0.2) is 24.3 Å². The third kappa shape index (κ3) is 3.37. The van der Waals surface area contributed by atoms with Gasteiger partial charge in [-0.15, -0.1) is 0 Å². The first kappa shape index (κ1) is 13.2. The number of benzene rings is 1. The summed E-state index contributed by atoms with van der Waals surface area (Å²) in [6, 6.07) is 5.58. The van der Waals surface area contributed by atoms with Crippen LogP contribution in [0.25, 0.3) is 0 Å². The fraction of sp³-hybridized carbons (Fsp3) is 0.385. The second kappa shape index (κ2) is 5.60. The number of hydrogen-bond acceptors (Lipinski definition) is 3. The predicted octanol–water partition coefficient (Wildman–Crippen LogP) is 1.68. The van der Waals surface area contributed by atoms with Crippen molar-refractivity contribution in [3.63, 3.8) is 0 Å². The zero-order chi connectivity index (χ0) is 13.8. The summed E-state index contributed by atoms with van der Waals surface area (Å²) in [6.45, 7) is 0. The molecule has 6 heteroatoms. The smallest absolute Gasteiger partial charge is 0.326 e. The minimum Gasteiger partial charge on any atom is -0.495 e. The first-order valence-corrected chi connectivity index (χ1v) is 6.05. The number of hydrogen-bond donors (Lipinski definition) is 3. The third-order valence-corrected chi connectivity index (χ3v) is 3.00. The van der Waals surface area contributed by atoms with E-state index in [0.29, 0.717) is 11.4 Å². The summed E-state index contributed by atoms with van der Waals surface area (Å²) in [5, 5.41) is 14.1. The van der Waals surface area contributed by atoms with Gasteiger partial charge in [0.1, 0.15) is 11.8 Å². The number of carboxylic acids is 1. The van der Waals surface area contributed by atoms with Gasteiger partial charge in [0, 0.05) is 0 Å². The van der Waals surface area contributed by atoms with Crippen LogP contribution in [0.4, 0.5) is 10.5 Å². The zero-order valence-corrected chi connectivity index (χ0v) is 10.6. The van der Waals surface area contributed by atoms with E-state index in [2.05, 4.69) is 10.6 Å². The summed E-state index contributed by atoms with van der Waals surface area (Å²) >= 11 is 0. The number of carboxylic acid groups (broad SMARTS) is 1. The van der Waals surface area contributed by atoms with Gasteiger partial charge in [-0.25, -0.2) is 9.59 Å². The van der Waals surface area contributed by atoms with E-state index < -0.39 is 18.0 Å². The van der Waals surface area contributed by atoms with Crippen LogP contribution in [-0.4, -0.2) is 30.3 Å². The maximum absolute atomic E-state index is 11.8. The van der Waals surface area contributed by atoms with E-state index in [4.69, 9.17) is 9.84 Å². The van der Waals surface area contributed by atoms with Gasteiger partial charge in [-0.1, -0.05) is 12.1 Å². The van der Waals surface area contributed by atoms with E-state index in [-0.39, 0.29) is 5.92 Å². The van der Waals surface area contributed by atoms with Gasteiger partial charge in [0.2, 0.25) is 0 Å². The van der Waals surface area contributed by atoms with Crippen molar-refractivity contribution in [2.75, 3.05) is 12.4 Å². The fourth-order valence-corrected chi connectivity index (χ4v) is 1.86. The third-order valence-electron chi connectivity index (χ3n) is 3.00. The highest BCUT2D eigenvalue weighted by molar-refractivity contribution is 5.93. The Bertz CT molecular complexity index is 485. The standard InChI is InChI=1S/C13H16N2O4/c1-19-10-5-3-2-4-9(10)14-13(18)15-11(12(16)17)8-6-7-8/h2-5,8,11H,6-7H2,1H3,(H,16,17)(H2,14,15,18). The molecule has 0 aromatic heterocycles. The Morgan fingerprint density at radius 2 is 2.05 bits per heavy atom. The summed E-state index contributed by atoms with van der Waals surface area (Å²) in [7, 11) is 1.50. The SMILES string of the molecule is COc1ccccc1NC(=O)NC(C(=O)O)C1CC1. The summed E-state index contributed by atoms with van der Waals surface area (Å²) in [5.74, 6) is -0.436. The normalized spacial score (nSPS) is 15.4. The van der Waals surface area contributed by atoms with Crippen molar-refractivity contribution in [1.82, 2.24) is 5.32 Å². The molecule has 19 heavy (non-hydrogen) atoms. The first-order valence-electron chi connectivity index (χ1n) is 6.05. The molecule has 0 spiro atoms. The largest absolute Gasteiger partial charge is 0.495 e. The van der Waals surface area contributed by atoms with Gasteiger partial charge in [-0.05, 0) is 30.9 Å². The van der Waals surface area contributed by atoms with Crippen LogP contribution in [0.3, 0.4) is 0 Å². The number of carbonyl (C=O) groups excluding carboxylic acids is 1. The lowest BCUT2D eigenvalue weighted by Gasteiger charge is -2.15. The number of urea groups is 1. The van der Waals surface area contributed by atoms with Crippen LogP contribution >= 0.6 is 0 Å². The molecule has 1 fully saturated rings. The van der Waals surface area contributed by atoms with E-state index in [0.717, 1.165) is 12.8 Å². The quantitative estimate of drug-likeness (QED) is 0.755. The van der Waals surface area contributed by atoms with E-state index in [1.807, 2.05) is 0 Å². The Balaban J connectivity index is 1.98. The number of nitrogens with one attached hydrogen (secondary N) is 2. The Hall–Kier alpha value is -2.24. The molecular weight excluding hydrogens is 248 g/mol. The number of carbonyl (C=O) groups is 2. The molecule has 1 unspecified atom stereocenters. The predicted molar refractivity (Wildman–Crippen MR) is 69.3 cm³/mol. The summed E-state index contributed by atoms with van der Waals surface area (Å²) in [6.07, 6.45) is 1.68. The van der Waals surface area contributed by atoms with Gasteiger partial charge >= 0.3 is 12.0 Å². The Morgan fingerprint density at radius 1 is 1.37 bits per heavy atom. The lowest BCUT2D eigenvalue weighted by Crippen LogP contribution is -2.44. The number of methoxy groups -OCH3 is 1. The van der Waals surface area contributed by atoms with Crippen LogP contribution in [0.1, 0.15) is 12.8 Å². The van der Waals surface area contributed by atoms with Crippen LogP contribution in [0.2, 0.25) is 0 Å². The summed E-state index contributed by atoms with van der Waals surface area (Å²) in [4.78, 5) is 22.8. The maximum atomic E-state index is 11.8. The van der Waals surface area contributed by atoms with Gasteiger partial charge in [-0.3, -0.25) is 0 Å². The lowest BCUT2D eigenvalue weighted by molar-refractivity contribution is -0.139. The second-order valence-electron chi connectivity index (χ2n) is 4.45. The van der Waals surface area contributed by atoms with Crippen LogP contribution in [0.5, 0.6) is 5.75 Å². The fourth-order valence-electron chi connectivity index (χ4n) is 1.86.